The number of nitrogens with one attached hydrogen (secondary N) is 1. The van der Waals surface area contributed by atoms with E-state index in [1.807, 2.05) is 0 Å². The highest BCUT2D eigenvalue weighted by atomic mass is 16.3. The lowest BCUT2D eigenvalue weighted by molar-refractivity contribution is 0.178. The van der Waals surface area contributed by atoms with E-state index in [0.29, 0.717) is 12.1 Å². The number of aliphatic hydroxyl groups excluding tert-OH is 1. The van der Waals surface area contributed by atoms with Crippen LogP contribution >= 0.6 is 0 Å². The number of benzene rings is 1. The summed E-state index contributed by atoms with van der Waals surface area (Å²) in [6.07, 6.45) is 8.46. The van der Waals surface area contributed by atoms with Crippen LogP contribution in [-0.4, -0.2) is 25.7 Å². The molecule has 0 radical (unpaired) electrons. The summed E-state index contributed by atoms with van der Waals surface area (Å²) in [4.78, 5) is 9.03. The fraction of sp³-hybridized carbons (Fsp3) is 0.400. The number of nitrogens with zero attached hydrogens (tertiary/aromatic N) is 3. The number of aryl methyl sites for hydroxylation is 1. The zero-order valence-corrected chi connectivity index (χ0v) is 14.1. The van der Waals surface area contributed by atoms with E-state index >= 15 is 0 Å². The first kappa shape index (κ1) is 14.9. The van der Waals surface area contributed by atoms with Crippen molar-refractivity contribution in [3.63, 3.8) is 0 Å². The number of aliphatic hydroxyl groups is 1. The van der Waals surface area contributed by atoms with Gasteiger partial charge in [-0.1, -0.05) is 24.3 Å². The van der Waals surface area contributed by atoms with Crippen molar-refractivity contribution in [3.05, 3.63) is 54.0 Å². The Morgan fingerprint density at radius 3 is 2.88 bits per heavy atom. The first-order chi connectivity index (χ1) is 12.3. The quantitative estimate of drug-likeness (QED) is 0.768. The highest BCUT2D eigenvalue weighted by Gasteiger charge is 2.27. The van der Waals surface area contributed by atoms with Crippen molar-refractivity contribution in [2.24, 2.45) is 0 Å². The Bertz CT molecular complexity index is 919. The molecule has 2 heterocycles. The molecule has 0 amide bonds. The van der Waals surface area contributed by atoms with Gasteiger partial charge in [-0.15, -0.1) is 0 Å². The van der Waals surface area contributed by atoms with Crippen LogP contribution in [0.3, 0.4) is 0 Å². The second-order valence-electron chi connectivity index (χ2n) is 7.24. The van der Waals surface area contributed by atoms with Gasteiger partial charge in [0.15, 0.2) is 0 Å². The fourth-order valence-corrected chi connectivity index (χ4v) is 4.44. The monoisotopic (exact) mass is 334 g/mol. The van der Waals surface area contributed by atoms with Gasteiger partial charge in [-0.05, 0) is 49.3 Å². The van der Waals surface area contributed by atoms with Gasteiger partial charge in [-0.25, -0.2) is 9.97 Å². The number of rotatable bonds is 3. The largest absolute Gasteiger partial charge is 0.393 e. The first-order valence-electron chi connectivity index (χ1n) is 9.13. The minimum Gasteiger partial charge on any atom is -0.393 e. The molecule has 2 aliphatic carbocycles. The van der Waals surface area contributed by atoms with Crippen LogP contribution in [0.25, 0.3) is 11.0 Å². The zero-order valence-electron chi connectivity index (χ0n) is 14.1. The Labute approximate surface area is 146 Å². The van der Waals surface area contributed by atoms with Crippen molar-refractivity contribution in [2.75, 3.05) is 5.32 Å². The molecule has 1 saturated carbocycles. The molecular formula is C20H22N4O. The Hall–Kier alpha value is -2.40. The topological polar surface area (TPSA) is 63.0 Å². The third-order valence-electron chi connectivity index (χ3n) is 5.72. The van der Waals surface area contributed by atoms with Crippen LogP contribution in [0.15, 0.2) is 42.9 Å². The van der Waals surface area contributed by atoms with Crippen LogP contribution in [0, 0.1) is 0 Å². The molecule has 5 heteroatoms. The van der Waals surface area contributed by atoms with Crippen LogP contribution in [0.5, 0.6) is 0 Å². The van der Waals surface area contributed by atoms with Crippen molar-refractivity contribution in [1.82, 2.24) is 14.5 Å². The smallest absolute Gasteiger partial charge is 0.145 e. The Kier molecular flexibility index (Phi) is 3.48. The van der Waals surface area contributed by atoms with E-state index in [-0.39, 0.29) is 6.10 Å². The molecule has 0 spiro atoms. The standard InChI is InChI=1S/C20H22N4O/c25-15-7-6-14(11-15)24-10-9-17-19(21-12-22-20(17)24)23-18-8-5-13-3-1-2-4-16(13)18/h1-4,9-10,12,14-15,18,25H,5-8,11H2,(H,21,22,23)/t14-,15-,18+/m1/s1. The lowest BCUT2D eigenvalue weighted by Gasteiger charge is -2.16. The van der Waals surface area contributed by atoms with E-state index in [9.17, 15) is 5.11 Å². The molecule has 128 valence electrons. The average Bonchev–Trinajstić information content (AvgIpc) is 3.34. The van der Waals surface area contributed by atoms with Gasteiger partial charge in [-0.3, -0.25) is 0 Å². The minimum atomic E-state index is -0.183. The van der Waals surface area contributed by atoms with Crippen LogP contribution in [0.2, 0.25) is 0 Å². The maximum absolute atomic E-state index is 9.85. The maximum Gasteiger partial charge on any atom is 0.145 e. The van der Waals surface area contributed by atoms with Crippen LogP contribution in [-0.2, 0) is 6.42 Å². The van der Waals surface area contributed by atoms with Crippen molar-refractivity contribution < 1.29 is 5.11 Å². The molecule has 0 bridgehead atoms. The number of aromatic nitrogens is 3. The van der Waals surface area contributed by atoms with Crippen LogP contribution in [0.4, 0.5) is 5.82 Å². The number of fused-ring (bicyclic) bond motifs is 2. The molecule has 5 nitrogen and oxygen atoms in total. The molecule has 3 aromatic rings. The van der Waals surface area contributed by atoms with Crippen molar-refractivity contribution in [2.45, 2.75) is 50.3 Å². The Balaban J connectivity index is 1.48. The van der Waals surface area contributed by atoms with Gasteiger partial charge in [-0.2, -0.15) is 0 Å². The molecule has 0 unspecified atom stereocenters. The van der Waals surface area contributed by atoms with Gasteiger partial charge < -0.3 is 15.0 Å². The second-order valence-corrected chi connectivity index (χ2v) is 7.24. The van der Waals surface area contributed by atoms with E-state index in [2.05, 4.69) is 56.4 Å². The summed E-state index contributed by atoms with van der Waals surface area (Å²) in [6.45, 7) is 0. The third kappa shape index (κ3) is 2.50. The van der Waals surface area contributed by atoms with Crippen molar-refractivity contribution in [3.8, 4) is 0 Å². The van der Waals surface area contributed by atoms with Gasteiger partial charge in [0.25, 0.3) is 0 Å². The van der Waals surface area contributed by atoms with E-state index in [0.717, 1.165) is 49.0 Å². The highest BCUT2D eigenvalue weighted by molar-refractivity contribution is 5.87. The number of hydrogen-bond donors (Lipinski definition) is 2. The van der Waals surface area contributed by atoms with Gasteiger partial charge in [0.1, 0.15) is 17.8 Å². The first-order valence-corrected chi connectivity index (χ1v) is 9.13. The SMILES string of the molecule is O[C@@H]1CC[C@@H](n2ccc3c(N[C@H]4CCc5ccccc54)ncnc32)C1. The van der Waals surface area contributed by atoms with Gasteiger partial charge in [0, 0.05) is 12.2 Å². The van der Waals surface area contributed by atoms with E-state index in [4.69, 9.17) is 0 Å². The third-order valence-corrected chi connectivity index (χ3v) is 5.72. The summed E-state index contributed by atoms with van der Waals surface area (Å²) in [6, 6.07) is 11.4. The highest BCUT2D eigenvalue weighted by Crippen LogP contribution is 2.36. The molecule has 3 atom stereocenters. The van der Waals surface area contributed by atoms with E-state index in [1.165, 1.54) is 11.1 Å². The molecule has 2 aliphatic rings. The lowest BCUT2D eigenvalue weighted by Crippen LogP contribution is -2.10. The fourth-order valence-electron chi connectivity index (χ4n) is 4.44. The van der Waals surface area contributed by atoms with E-state index in [1.54, 1.807) is 6.33 Å². The molecular weight excluding hydrogens is 312 g/mol. The molecule has 2 aromatic heterocycles. The normalized spacial score (nSPS) is 25.4. The minimum absolute atomic E-state index is 0.183. The van der Waals surface area contributed by atoms with Crippen LogP contribution in [0.1, 0.15) is 48.9 Å². The zero-order chi connectivity index (χ0) is 16.8. The Morgan fingerprint density at radius 2 is 2.00 bits per heavy atom. The van der Waals surface area contributed by atoms with Gasteiger partial charge >= 0.3 is 0 Å². The predicted molar refractivity (Wildman–Crippen MR) is 97.5 cm³/mol. The maximum atomic E-state index is 9.85. The summed E-state index contributed by atoms with van der Waals surface area (Å²) in [5, 5.41) is 14.6. The summed E-state index contributed by atoms with van der Waals surface area (Å²) in [5.74, 6) is 0.906. The van der Waals surface area contributed by atoms with E-state index < -0.39 is 0 Å². The summed E-state index contributed by atoms with van der Waals surface area (Å²) < 4.78 is 2.21. The summed E-state index contributed by atoms with van der Waals surface area (Å²) in [5.41, 5.74) is 3.78. The van der Waals surface area contributed by atoms with Gasteiger partial charge in [0.05, 0.1) is 17.5 Å². The molecule has 1 aromatic carbocycles. The molecule has 25 heavy (non-hydrogen) atoms. The average molecular weight is 334 g/mol. The Morgan fingerprint density at radius 1 is 1.08 bits per heavy atom. The summed E-state index contributed by atoms with van der Waals surface area (Å²) >= 11 is 0. The number of hydrogen-bond acceptors (Lipinski definition) is 4. The molecule has 0 saturated heterocycles. The second kappa shape index (κ2) is 5.85. The van der Waals surface area contributed by atoms with Crippen LogP contribution < -0.4 is 5.32 Å². The molecule has 5 rings (SSSR count). The lowest BCUT2D eigenvalue weighted by atomic mass is 10.1. The summed E-state index contributed by atoms with van der Waals surface area (Å²) in [7, 11) is 0. The van der Waals surface area contributed by atoms with Gasteiger partial charge in [0.2, 0.25) is 0 Å². The molecule has 0 aliphatic heterocycles. The van der Waals surface area contributed by atoms with Crippen molar-refractivity contribution >= 4 is 16.9 Å². The van der Waals surface area contributed by atoms with Crippen molar-refractivity contribution in [1.29, 1.82) is 0 Å². The predicted octanol–water partition coefficient (Wildman–Crippen LogP) is 3.62. The molecule has 2 N–H and O–H groups in total. The number of anilines is 1. The molecule has 1 fully saturated rings.